The highest BCUT2D eigenvalue weighted by molar-refractivity contribution is 5.75. The van der Waals surface area contributed by atoms with Crippen molar-refractivity contribution in [2.75, 3.05) is 0 Å². The second kappa shape index (κ2) is 6.72. The molecule has 0 amide bonds. The van der Waals surface area contributed by atoms with Gasteiger partial charge in [0.1, 0.15) is 5.78 Å². The summed E-state index contributed by atoms with van der Waals surface area (Å²) in [6.45, 7) is 8.39. The Kier molecular flexibility index (Phi) is 5.58. The maximum absolute atomic E-state index is 10.8. The maximum atomic E-state index is 10.8. The number of Topliss-reactive ketones (excluding diaryl/α,β-unsaturated/α-hetero) is 1. The highest BCUT2D eigenvalue weighted by Crippen LogP contribution is 2.22. The number of carbonyl (C=O) groups is 1. The SMILES string of the molecule is CC(=O)CCCCCc1ccc(C(C)(C)C)cc1. The van der Waals surface area contributed by atoms with E-state index in [1.54, 1.807) is 6.92 Å². The first kappa shape index (κ1) is 14.9. The molecule has 0 aliphatic heterocycles. The van der Waals surface area contributed by atoms with E-state index in [-0.39, 0.29) is 5.41 Å². The van der Waals surface area contributed by atoms with Crippen molar-refractivity contribution in [3.8, 4) is 0 Å². The molecule has 0 saturated carbocycles. The summed E-state index contributed by atoms with van der Waals surface area (Å²) in [7, 11) is 0. The zero-order valence-corrected chi connectivity index (χ0v) is 12.3. The third-order valence-electron chi connectivity index (χ3n) is 3.31. The lowest BCUT2D eigenvalue weighted by Gasteiger charge is -2.19. The van der Waals surface area contributed by atoms with Gasteiger partial charge in [0, 0.05) is 6.42 Å². The van der Waals surface area contributed by atoms with Crippen LogP contribution in [-0.4, -0.2) is 5.78 Å². The van der Waals surface area contributed by atoms with Crippen molar-refractivity contribution < 1.29 is 4.79 Å². The molecule has 0 radical (unpaired) electrons. The molecular weight excluding hydrogens is 220 g/mol. The van der Waals surface area contributed by atoms with Crippen LogP contribution in [0.2, 0.25) is 0 Å². The Morgan fingerprint density at radius 3 is 2.11 bits per heavy atom. The molecule has 0 aliphatic rings. The Hall–Kier alpha value is -1.11. The normalized spacial score (nSPS) is 11.6. The molecule has 0 fully saturated rings. The lowest BCUT2D eigenvalue weighted by atomic mass is 9.86. The predicted molar refractivity (Wildman–Crippen MR) is 78.0 cm³/mol. The van der Waals surface area contributed by atoms with Crippen molar-refractivity contribution in [1.29, 1.82) is 0 Å². The molecule has 1 nitrogen and oxygen atoms in total. The van der Waals surface area contributed by atoms with Gasteiger partial charge in [-0.25, -0.2) is 0 Å². The van der Waals surface area contributed by atoms with Gasteiger partial charge in [-0.05, 0) is 42.7 Å². The van der Waals surface area contributed by atoms with Gasteiger partial charge in [-0.3, -0.25) is 0 Å². The van der Waals surface area contributed by atoms with E-state index in [2.05, 4.69) is 45.0 Å². The van der Waals surface area contributed by atoms with Crippen molar-refractivity contribution in [2.45, 2.75) is 65.2 Å². The molecule has 0 bridgehead atoms. The Morgan fingerprint density at radius 1 is 1.00 bits per heavy atom. The third-order valence-corrected chi connectivity index (χ3v) is 3.31. The van der Waals surface area contributed by atoms with Crippen molar-refractivity contribution >= 4 is 5.78 Å². The van der Waals surface area contributed by atoms with E-state index in [9.17, 15) is 4.79 Å². The van der Waals surface area contributed by atoms with E-state index in [0.29, 0.717) is 5.78 Å². The van der Waals surface area contributed by atoms with Crippen molar-refractivity contribution in [3.05, 3.63) is 35.4 Å². The number of aryl methyl sites for hydroxylation is 1. The van der Waals surface area contributed by atoms with Crippen LogP contribution < -0.4 is 0 Å². The first-order valence-corrected chi connectivity index (χ1v) is 6.98. The van der Waals surface area contributed by atoms with Crippen molar-refractivity contribution in [1.82, 2.24) is 0 Å². The summed E-state index contributed by atoms with van der Waals surface area (Å²) in [5.74, 6) is 0.310. The van der Waals surface area contributed by atoms with Crippen LogP contribution in [0.25, 0.3) is 0 Å². The van der Waals surface area contributed by atoms with Crippen LogP contribution in [-0.2, 0) is 16.6 Å². The molecule has 1 rings (SSSR count). The first-order chi connectivity index (χ1) is 8.39. The summed E-state index contributed by atoms with van der Waals surface area (Å²) in [6.07, 6.45) is 5.24. The molecular formula is C17H26O. The summed E-state index contributed by atoms with van der Waals surface area (Å²) >= 11 is 0. The second-order valence-corrected chi connectivity index (χ2v) is 6.21. The highest BCUT2D eigenvalue weighted by Gasteiger charge is 2.12. The molecule has 0 spiro atoms. The number of ketones is 1. The zero-order valence-electron chi connectivity index (χ0n) is 12.3. The van der Waals surface area contributed by atoms with Crippen LogP contribution >= 0.6 is 0 Å². The average Bonchev–Trinajstić information content (AvgIpc) is 2.27. The van der Waals surface area contributed by atoms with Crippen LogP contribution in [0.4, 0.5) is 0 Å². The Balaban J connectivity index is 2.33. The minimum Gasteiger partial charge on any atom is -0.300 e. The third kappa shape index (κ3) is 5.48. The minimum atomic E-state index is 0.236. The molecule has 0 aromatic heterocycles. The maximum Gasteiger partial charge on any atom is 0.129 e. The quantitative estimate of drug-likeness (QED) is 0.666. The van der Waals surface area contributed by atoms with E-state index >= 15 is 0 Å². The summed E-state index contributed by atoms with van der Waals surface area (Å²) in [5, 5.41) is 0. The van der Waals surface area contributed by atoms with E-state index < -0.39 is 0 Å². The number of unbranched alkanes of at least 4 members (excludes halogenated alkanes) is 2. The smallest absolute Gasteiger partial charge is 0.129 e. The molecule has 0 N–H and O–H groups in total. The Labute approximate surface area is 112 Å². The topological polar surface area (TPSA) is 17.1 Å². The molecule has 18 heavy (non-hydrogen) atoms. The molecule has 1 aromatic carbocycles. The number of benzene rings is 1. The van der Waals surface area contributed by atoms with Gasteiger partial charge in [0.2, 0.25) is 0 Å². The molecule has 0 atom stereocenters. The standard InChI is InChI=1S/C17H26O/c1-14(18)8-6-5-7-9-15-10-12-16(13-11-15)17(2,3)4/h10-13H,5-9H2,1-4H3. The molecule has 0 unspecified atom stereocenters. The Morgan fingerprint density at radius 2 is 1.61 bits per heavy atom. The van der Waals surface area contributed by atoms with E-state index in [4.69, 9.17) is 0 Å². The van der Waals surface area contributed by atoms with E-state index in [1.807, 2.05) is 0 Å². The van der Waals surface area contributed by atoms with E-state index in [0.717, 1.165) is 25.7 Å². The molecule has 100 valence electrons. The summed E-state index contributed by atoms with van der Waals surface area (Å²) < 4.78 is 0. The Bertz CT molecular complexity index is 368. The second-order valence-electron chi connectivity index (χ2n) is 6.21. The van der Waals surface area contributed by atoms with Crippen molar-refractivity contribution in [2.24, 2.45) is 0 Å². The average molecular weight is 246 g/mol. The van der Waals surface area contributed by atoms with Gasteiger partial charge in [-0.2, -0.15) is 0 Å². The first-order valence-electron chi connectivity index (χ1n) is 6.98. The lowest BCUT2D eigenvalue weighted by Crippen LogP contribution is -2.10. The van der Waals surface area contributed by atoms with E-state index in [1.165, 1.54) is 17.5 Å². The van der Waals surface area contributed by atoms with Crippen LogP contribution in [0.3, 0.4) is 0 Å². The molecule has 0 heterocycles. The molecule has 0 saturated heterocycles. The van der Waals surface area contributed by atoms with Gasteiger partial charge in [0.25, 0.3) is 0 Å². The van der Waals surface area contributed by atoms with Crippen LogP contribution in [0.5, 0.6) is 0 Å². The highest BCUT2D eigenvalue weighted by atomic mass is 16.1. The number of rotatable bonds is 6. The fourth-order valence-electron chi connectivity index (χ4n) is 2.05. The minimum absolute atomic E-state index is 0.236. The number of carbonyl (C=O) groups excluding carboxylic acids is 1. The monoisotopic (exact) mass is 246 g/mol. The van der Waals surface area contributed by atoms with Gasteiger partial charge in [0.05, 0.1) is 0 Å². The van der Waals surface area contributed by atoms with Crippen LogP contribution in [0, 0.1) is 0 Å². The number of hydrogen-bond acceptors (Lipinski definition) is 1. The largest absolute Gasteiger partial charge is 0.300 e. The van der Waals surface area contributed by atoms with Gasteiger partial charge < -0.3 is 4.79 Å². The molecule has 0 aliphatic carbocycles. The fourth-order valence-corrected chi connectivity index (χ4v) is 2.05. The predicted octanol–water partition coefficient (Wildman–Crippen LogP) is 4.68. The van der Waals surface area contributed by atoms with Gasteiger partial charge in [-0.15, -0.1) is 0 Å². The van der Waals surface area contributed by atoms with Crippen LogP contribution in [0.1, 0.15) is 64.5 Å². The van der Waals surface area contributed by atoms with Crippen LogP contribution in [0.15, 0.2) is 24.3 Å². The number of hydrogen-bond donors (Lipinski definition) is 0. The van der Waals surface area contributed by atoms with Gasteiger partial charge in [0.15, 0.2) is 0 Å². The lowest BCUT2D eigenvalue weighted by molar-refractivity contribution is -0.117. The summed E-state index contributed by atoms with van der Waals surface area (Å²) in [6, 6.07) is 8.97. The van der Waals surface area contributed by atoms with Crippen molar-refractivity contribution in [3.63, 3.8) is 0 Å². The molecule has 1 heteroatoms. The fraction of sp³-hybridized carbons (Fsp3) is 0.588. The van der Waals surface area contributed by atoms with Gasteiger partial charge in [-0.1, -0.05) is 51.5 Å². The van der Waals surface area contributed by atoms with Gasteiger partial charge >= 0.3 is 0 Å². The summed E-state index contributed by atoms with van der Waals surface area (Å²) in [5.41, 5.74) is 3.04. The summed E-state index contributed by atoms with van der Waals surface area (Å²) in [4.78, 5) is 10.8. The zero-order chi connectivity index (χ0) is 13.6. The molecule has 1 aromatic rings.